The van der Waals surface area contributed by atoms with Crippen molar-refractivity contribution in [2.24, 2.45) is 7.05 Å². The zero-order valence-corrected chi connectivity index (χ0v) is 17.0. The first-order valence-electron chi connectivity index (χ1n) is 10.2. The average Bonchev–Trinajstić information content (AvgIpc) is 3.32. The largest absolute Gasteiger partial charge is 0.394 e. The number of aryl methyl sites for hydroxylation is 3. The molecule has 0 aromatic carbocycles. The Bertz CT molecular complexity index is 1030. The quantitative estimate of drug-likeness (QED) is 0.731. The fourth-order valence-electron chi connectivity index (χ4n) is 4.47. The Hall–Kier alpha value is -3.16. The van der Waals surface area contributed by atoms with Gasteiger partial charge in [0.15, 0.2) is 11.6 Å². The summed E-state index contributed by atoms with van der Waals surface area (Å²) in [6.45, 7) is 5.56. The topological polar surface area (TPSA) is 89.0 Å². The van der Waals surface area contributed by atoms with Crippen LogP contribution in [0.15, 0.2) is 24.5 Å². The van der Waals surface area contributed by atoms with Gasteiger partial charge in [0.25, 0.3) is 0 Å². The molecule has 0 amide bonds. The predicted molar refractivity (Wildman–Crippen MR) is 114 cm³/mol. The third-order valence-electron chi connectivity index (χ3n) is 5.97. The molecule has 5 rings (SSSR count). The van der Waals surface area contributed by atoms with E-state index in [4.69, 9.17) is 15.7 Å². The molecule has 29 heavy (non-hydrogen) atoms. The molecule has 2 N–H and O–H groups in total. The highest BCUT2D eigenvalue weighted by Crippen LogP contribution is 2.33. The SMILES string of the molecule is Cc1nn(C)c(N2CCN(c3nc(-c4ccncc4)nc4c3CCC4)CC2)c1N. The van der Waals surface area contributed by atoms with Crippen molar-refractivity contribution in [1.29, 1.82) is 0 Å². The van der Waals surface area contributed by atoms with Crippen molar-refractivity contribution in [3.63, 3.8) is 0 Å². The molecule has 0 radical (unpaired) electrons. The van der Waals surface area contributed by atoms with Crippen LogP contribution >= 0.6 is 0 Å². The number of piperazine rings is 1. The predicted octanol–water partition coefficient (Wildman–Crippen LogP) is 1.98. The summed E-state index contributed by atoms with van der Waals surface area (Å²) >= 11 is 0. The van der Waals surface area contributed by atoms with Gasteiger partial charge in [-0.05, 0) is 38.3 Å². The number of aromatic nitrogens is 5. The number of nitrogen functional groups attached to an aromatic ring is 1. The lowest BCUT2D eigenvalue weighted by atomic mass is 10.1. The zero-order chi connectivity index (χ0) is 20.0. The molecule has 4 heterocycles. The molecular weight excluding hydrogens is 364 g/mol. The van der Waals surface area contributed by atoms with Crippen molar-refractivity contribution in [3.05, 3.63) is 41.5 Å². The van der Waals surface area contributed by atoms with Crippen LogP contribution in [0, 0.1) is 6.92 Å². The van der Waals surface area contributed by atoms with E-state index >= 15 is 0 Å². The summed E-state index contributed by atoms with van der Waals surface area (Å²) in [5, 5.41) is 4.47. The van der Waals surface area contributed by atoms with Crippen LogP contribution in [0.4, 0.5) is 17.3 Å². The Balaban J connectivity index is 1.43. The van der Waals surface area contributed by atoms with Crippen molar-refractivity contribution in [2.75, 3.05) is 41.7 Å². The van der Waals surface area contributed by atoms with Gasteiger partial charge in [-0.25, -0.2) is 9.97 Å². The van der Waals surface area contributed by atoms with Crippen LogP contribution in [0.1, 0.15) is 23.4 Å². The van der Waals surface area contributed by atoms with Gasteiger partial charge in [-0.3, -0.25) is 9.67 Å². The molecule has 3 aromatic rings. The maximum absolute atomic E-state index is 6.27. The lowest BCUT2D eigenvalue weighted by Gasteiger charge is -2.37. The zero-order valence-electron chi connectivity index (χ0n) is 17.0. The standard InChI is InChI=1S/C21H26N8/c1-14-18(22)21(27(2)26-14)29-12-10-28(11-13-29)20-16-4-3-5-17(16)24-19(25-20)15-6-8-23-9-7-15/h6-9H,3-5,10-13,22H2,1-2H3. The van der Waals surface area contributed by atoms with E-state index in [1.807, 2.05) is 30.8 Å². The number of anilines is 3. The van der Waals surface area contributed by atoms with Crippen molar-refractivity contribution >= 4 is 17.3 Å². The Kier molecular flexibility index (Phi) is 4.34. The maximum Gasteiger partial charge on any atom is 0.161 e. The van der Waals surface area contributed by atoms with E-state index in [1.165, 1.54) is 11.3 Å². The van der Waals surface area contributed by atoms with Gasteiger partial charge in [0.1, 0.15) is 5.82 Å². The summed E-state index contributed by atoms with van der Waals surface area (Å²) in [4.78, 5) is 18.7. The fourth-order valence-corrected chi connectivity index (χ4v) is 4.47. The first kappa shape index (κ1) is 17.9. The second kappa shape index (κ2) is 7.02. The first-order valence-corrected chi connectivity index (χ1v) is 10.2. The van der Waals surface area contributed by atoms with E-state index in [0.29, 0.717) is 0 Å². The van der Waals surface area contributed by atoms with Crippen molar-refractivity contribution in [1.82, 2.24) is 24.7 Å². The summed E-state index contributed by atoms with van der Waals surface area (Å²) in [6.07, 6.45) is 6.85. The molecule has 150 valence electrons. The lowest BCUT2D eigenvalue weighted by molar-refractivity contribution is 0.618. The highest BCUT2D eigenvalue weighted by atomic mass is 15.4. The summed E-state index contributed by atoms with van der Waals surface area (Å²) in [7, 11) is 1.96. The van der Waals surface area contributed by atoms with Gasteiger partial charge < -0.3 is 15.5 Å². The number of hydrogen-bond acceptors (Lipinski definition) is 7. The second-order valence-electron chi connectivity index (χ2n) is 7.81. The smallest absolute Gasteiger partial charge is 0.161 e. The van der Waals surface area contributed by atoms with E-state index in [0.717, 1.165) is 79.8 Å². The fraction of sp³-hybridized carbons (Fsp3) is 0.429. The van der Waals surface area contributed by atoms with Gasteiger partial charge in [-0.15, -0.1) is 0 Å². The van der Waals surface area contributed by atoms with Crippen LogP contribution in [-0.4, -0.2) is 50.9 Å². The Morgan fingerprint density at radius 2 is 1.69 bits per heavy atom. The summed E-state index contributed by atoms with van der Waals surface area (Å²) in [6, 6.07) is 3.96. The summed E-state index contributed by atoms with van der Waals surface area (Å²) in [5.41, 5.74) is 11.5. The maximum atomic E-state index is 6.27. The number of rotatable bonds is 3. The van der Waals surface area contributed by atoms with Crippen molar-refractivity contribution < 1.29 is 0 Å². The Morgan fingerprint density at radius 1 is 0.966 bits per heavy atom. The first-order chi connectivity index (χ1) is 14.1. The molecule has 8 heteroatoms. The number of nitrogens with zero attached hydrogens (tertiary/aromatic N) is 7. The molecule has 0 saturated carbocycles. The van der Waals surface area contributed by atoms with E-state index in [2.05, 4.69) is 19.9 Å². The third-order valence-corrected chi connectivity index (χ3v) is 5.97. The molecule has 1 aliphatic heterocycles. The molecule has 8 nitrogen and oxygen atoms in total. The normalized spacial score (nSPS) is 16.3. The van der Waals surface area contributed by atoms with Crippen LogP contribution in [0.2, 0.25) is 0 Å². The number of nitrogens with two attached hydrogens (primary N) is 1. The lowest BCUT2D eigenvalue weighted by Crippen LogP contribution is -2.48. The van der Waals surface area contributed by atoms with Crippen LogP contribution in [0.5, 0.6) is 0 Å². The molecule has 0 spiro atoms. The number of pyridine rings is 1. The number of fused-ring (bicyclic) bond motifs is 1. The molecule has 1 saturated heterocycles. The van der Waals surface area contributed by atoms with E-state index in [9.17, 15) is 0 Å². The molecule has 1 aliphatic carbocycles. The number of hydrogen-bond donors (Lipinski definition) is 1. The minimum Gasteiger partial charge on any atom is -0.394 e. The highest BCUT2D eigenvalue weighted by molar-refractivity contribution is 5.67. The van der Waals surface area contributed by atoms with E-state index < -0.39 is 0 Å². The monoisotopic (exact) mass is 390 g/mol. The third kappa shape index (κ3) is 3.08. The molecule has 0 bridgehead atoms. The van der Waals surface area contributed by atoms with Gasteiger partial charge in [0.05, 0.1) is 11.4 Å². The minimum absolute atomic E-state index is 0.781. The molecule has 1 fully saturated rings. The molecule has 0 atom stereocenters. The average molecular weight is 390 g/mol. The Morgan fingerprint density at radius 3 is 2.38 bits per heavy atom. The summed E-state index contributed by atoms with van der Waals surface area (Å²) < 4.78 is 1.89. The van der Waals surface area contributed by atoms with Gasteiger partial charge in [-0.1, -0.05) is 0 Å². The molecule has 3 aromatic heterocycles. The summed E-state index contributed by atoms with van der Waals surface area (Å²) in [5.74, 6) is 2.93. The highest BCUT2D eigenvalue weighted by Gasteiger charge is 2.28. The van der Waals surface area contributed by atoms with Crippen LogP contribution < -0.4 is 15.5 Å². The Labute approximate surface area is 170 Å². The van der Waals surface area contributed by atoms with Gasteiger partial charge in [-0.2, -0.15) is 5.10 Å². The van der Waals surface area contributed by atoms with E-state index in [1.54, 1.807) is 12.4 Å². The van der Waals surface area contributed by atoms with Crippen molar-refractivity contribution in [3.8, 4) is 11.4 Å². The van der Waals surface area contributed by atoms with E-state index in [-0.39, 0.29) is 0 Å². The molecular formula is C21H26N8. The van der Waals surface area contributed by atoms with Crippen LogP contribution in [0.25, 0.3) is 11.4 Å². The van der Waals surface area contributed by atoms with Crippen LogP contribution in [0.3, 0.4) is 0 Å². The molecule has 2 aliphatic rings. The van der Waals surface area contributed by atoms with Gasteiger partial charge in [0.2, 0.25) is 0 Å². The minimum atomic E-state index is 0.781. The van der Waals surface area contributed by atoms with Crippen molar-refractivity contribution in [2.45, 2.75) is 26.2 Å². The molecule has 0 unspecified atom stereocenters. The van der Waals surface area contributed by atoms with Gasteiger partial charge in [0, 0.05) is 62.4 Å². The van der Waals surface area contributed by atoms with Crippen LogP contribution in [-0.2, 0) is 19.9 Å². The second-order valence-corrected chi connectivity index (χ2v) is 7.81. The van der Waals surface area contributed by atoms with Gasteiger partial charge >= 0.3 is 0 Å².